The van der Waals surface area contributed by atoms with E-state index in [9.17, 15) is 0 Å². The zero-order chi connectivity index (χ0) is 17.8. The Bertz CT molecular complexity index is 921. The monoisotopic (exact) mass is 454 g/mol. The van der Waals surface area contributed by atoms with Crippen LogP contribution < -0.4 is 0 Å². The molecule has 0 aromatic heterocycles. The summed E-state index contributed by atoms with van der Waals surface area (Å²) in [6.07, 6.45) is 8.48. The molecule has 0 bridgehead atoms. The summed E-state index contributed by atoms with van der Waals surface area (Å²) in [5, 5.41) is 0. The maximum atomic E-state index is 3.30. The summed E-state index contributed by atoms with van der Waals surface area (Å²) in [5.74, 6) is 0. The van der Waals surface area contributed by atoms with Crippen LogP contribution >= 0.6 is 0 Å². The predicted molar refractivity (Wildman–Crippen MR) is 122 cm³/mol. The Morgan fingerprint density at radius 3 is 2.24 bits per heavy atom. The van der Waals surface area contributed by atoms with Gasteiger partial charge in [-0.05, 0) is 18.4 Å². The van der Waals surface area contributed by atoms with E-state index in [1.54, 1.807) is 0 Å². The fourth-order valence-electron chi connectivity index (χ4n) is 3.61. The van der Waals surface area contributed by atoms with Gasteiger partial charge in [0.15, 0.2) is 0 Å². The number of rotatable bonds is 2. The molecule has 0 atom stereocenters. The summed E-state index contributed by atoms with van der Waals surface area (Å²) in [5.41, 5.74) is 9.81. The molecule has 2 aliphatic carbocycles. The molecule has 0 saturated heterocycles. The van der Waals surface area contributed by atoms with E-state index in [0.29, 0.717) is 0 Å². The SMILES string of the molecule is CC1=C(Cc2ccccc2)C[C-]=C1.[CH3-].[CH3-].[Zr+4].[c-]1cccc2c1Cc1ccccc1-2. The minimum absolute atomic E-state index is 0. The van der Waals surface area contributed by atoms with Crippen molar-refractivity contribution < 1.29 is 26.2 Å². The van der Waals surface area contributed by atoms with Crippen LogP contribution in [0.25, 0.3) is 11.1 Å². The standard InChI is InChI=1S/C13H9.C13H13.2CH3.Zr/c1-3-7-12-10(5-1)9-11-6-2-4-8-13(11)12;1-11-6-5-9-13(11)10-12-7-3-2-4-8-12;;;/h1-5,7-8H,9H2;2-4,6-8H,9-10H2,1H3;2*1H3;/q4*-1;+4. The molecule has 0 aliphatic heterocycles. The molecule has 144 valence electrons. The van der Waals surface area contributed by atoms with Gasteiger partial charge in [-0.2, -0.15) is 35.4 Å². The second kappa shape index (κ2) is 11.9. The zero-order valence-corrected chi connectivity index (χ0v) is 20.1. The number of fused-ring (bicyclic) bond motifs is 3. The van der Waals surface area contributed by atoms with Crippen molar-refractivity contribution >= 4 is 0 Å². The van der Waals surface area contributed by atoms with E-state index in [2.05, 4.69) is 91.9 Å². The van der Waals surface area contributed by atoms with Crippen molar-refractivity contribution in [3.05, 3.63) is 134 Å². The molecule has 0 fully saturated rings. The van der Waals surface area contributed by atoms with Crippen LogP contribution in [0.4, 0.5) is 0 Å². The van der Waals surface area contributed by atoms with E-state index >= 15 is 0 Å². The zero-order valence-electron chi connectivity index (χ0n) is 17.6. The van der Waals surface area contributed by atoms with Crippen LogP contribution in [0.3, 0.4) is 0 Å². The van der Waals surface area contributed by atoms with E-state index in [0.717, 1.165) is 19.3 Å². The molecule has 29 heavy (non-hydrogen) atoms. The Hall–Kier alpha value is -1.98. The van der Waals surface area contributed by atoms with Crippen LogP contribution in [0.5, 0.6) is 0 Å². The van der Waals surface area contributed by atoms with Gasteiger partial charge in [0, 0.05) is 0 Å². The fourth-order valence-corrected chi connectivity index (χ4v) is 3.61. The molecule has 0 N–H and O–H groups in total. The summed E-state index contributed by atoms with van der Waals surface area (Å²) in [6.45, 7) is 2.16. The van der Waals surface area contributed by atoms with Gasteiger partial charge >= 0.3 is 26.2 Å². The average molecular weight is 456 g/mol. The maximum absolute atomic E-state index is 3.30. The molecular formula is C28H28Zr. The summed E-state index contributed by atoms with van der Waals surface area (Å²) < 4.78 is 0. The van der Waals surface area contributed by atoms with E-state index < -0.39 is 0 Å². The minimum atomic E-state index is 0. The fraction of sp³-hybridized carbons (Fsp3) is 0.143. The van der Waals surface area contributed by atoms with Crippen molar-refractivity contribution in [2.45, 2.75) is 26.2 Å². The van der Waals surface area contributed by atoms with Gasteiger partial charge in [0.2, 0.25) is 0 Å². The van der Waals surface area contributed by atoms with E-state index in [1.165, 1.54) is 39.0 Å². The van der Waals surface area contributed by atoms with Gasteiger partial charge < -0.3 is 14.9 Å². The Kier molecular flexibility index (Phi) is 10.3. The van der Waals surface area contributed by atoms with Gasteiger partial charge in [-0.15, -0.1) is 18.9 Å². The second-order valence-corrected chi connectivity index (χ2v) is 6.87. The normalized spacial score (nSPS) is 12.4. The van der Waals surface area contributed by atoms with Gasteiger partial charge in [0.25, 0.3) is 0 Å². The predicted octanol–water partition coefficient (Wildman–Crippen LogP) is 7.26. The summed E-state index contributed by atoms with van der Waals surface area (Å²) in [6, 6.07) is 28.7. The molecule has 2 aliphatic rings. The first-order valence-electron chi connectivity index (χ1n) is 9.18. The third-order valence-corrected chi connectivity index (χ3v) is 5.07. The number of allylic oxidation sites excluding steroid dienone is 4. The molecule has 0 unspecified atom stereocenters. The first kappa shape index (κ1) is 25.1. The second-order valence-electron chi connectivity index (χ2n) is 6.87. The van der Waals surface area contributed by atoms with Crippen LogP contribution in [0.15, 0.2) is 90.0 Å². The van der Waals surface area contributed by atoms with Gasteiger partial charge in [-0.25, -0.2) is 11.6 Å². The molecule has 0 saturated carbocycles. The summed E-state index contributed by atoms with van der Waals surface area (Å²) in [7, 11) is 0. The van der Waals surface area contributed by atoms with Gasteiger partial charge in [-0.3, -0.25) is 6.08 Å². The molecule has 0 nitrogen and oxygen atoms in total. The number of hydrogen-bond acceptors (Lipinski definition) is 0. The molecule has 0 heterocycles. The van der Waals surface area contributed by atoms with Gasteiger partial charge in [-0.1, -0.05) is 65.7 Å². The van der Waals surface area contributed by atoms with Crippen LogP contribution in [0.1, 0.15) is 30.0 Å². The van der Waals surface area contributed by atoms with Crippen LogP contribution in [-0.4, -0.2) is 0 Å². The molecule has 3 aromatic carbocycles. The molecule has 1 heteroatoms. The smallest absolute Gasteiger partial charge is 0.358 e. The first-order chi connectivity index (χ1) is 12.8. The van der Waals surface area contributed by atoms with Crippen molar-refractivity contribution in [2.24, 2.45) is 0 Å². The van der Waals surface area contributed by atoms with E-state index in [1.807, 2.05) is 6.07 Å². The largest absolute Gasteiger partial charge is 4.00 e. The van der Waals surface area contributed by atoms with Crippen molar-refractivity contribution in [3.63, 3.8) is 0 Å². The van der Waals surface area contributed by atoms with Crippen LogP contribution in [0, 0.1) is 27.0 Å². The Morgan fingerprint density at radius 1 is 0.828 bits per heavy atom. The summed E-state index contributed by atoms with van der Waals surface area (Å²) in [4.78, 5) is 0. The van der Waals surface area contributed by atoms with Gasteiger partial charge in [0.1, 0.15) is 0 Å². The molecular weight excluding hydrogens is 428 g/mol. The van der Waals surface area contributed by atoms with Crippen molar-refractivity contribution in [3.8, 4) is 11.1 Å². The third kappa shape index (κ3) is 6.00. The van der Waals surface area contributed by atoms with E-state index in [-0.39, 0.29) is 41.1 Å². The average Bonchev–Trinajstić information content (AvgIpc) is 3.26. The Balaban J connectivity index is 0.000000263. The Morgan fingerprint density at radius 2 is 1.52 bits per heavy atom. The molecule has 0 radical (unpaired) electrons. The molecule has 3 aromatic rings. The maximum Gasteiger partial charge on any atom is 4.00 e. The van der Waals surface area contributed by atoms with Crippen molar-refractivity contribution in [1.29, 1.82) is 0 Å². The Labute approximate surface area is 196 Å². The quantitative estimate of drug-likeness (QED) is 0.279. The number of hydrogen-bond donors (Lipinski definition) is 0. The number of benzene rings is 3. The van der Waals surface area contributed by atoms with Crippen molar-refractivity contribution in [2.75, 3.05) is 0 Å². The third-order valence-electron chi connectivity index (χ3n) is 5.07. The molecule has 5 rings (SSSR count). The first-order valence-corrected chi connectivity index (χ1v) is 9.18. The molecule has 0 spiro atoms. The van der Waals surface area contributed by atoms with Crippen molar-refractivity contribution in [1.82, 2.24) is 0 Å². The minimum Gasteiger partial charge on any atom is -0.358 e. The van der Waals surface area contributed by atoms with Crippen LogP contribution in [0.2, 0.25) is 0 Å². The molecule has 0 amide bonds. The summed E-state index contributed by atoms with van der Waals surface area (Å²) >= 11 is 0. The van der Waals surface area contributed by atoms with Gasteiger partial charge in [0.05, 0.1) is 0 Å². The topological polar surface area (TPSA) is 0 Å². The van der Waals surface area contributed by atoms with Crippen LogP contribution in [-0.2, 0) is 39.0 Å². The van der Waals surface area contributed by atoms with E-state index in [4.69, 9.17) is 0 Å².